The van der Waals surface area contributed by atoms with Crippen molar-refractivity contribution in [3.63, 3.8) is 0 Å². The maximum Gasteiger partial charge on any atom is 0.267 e. The van der Waals surface area contributed by atoms with Gasteiger partial charge in [0.15, 0.2) is 0 Å². The van der Waals surface area contributed by atoms with Gasteiger partial charge in [-0.25, -0.2) is 0 Å². The van der Waals surface area contributed by atoms with E-state index in [1.807, 2.05) is 38.1 Å². The number of hydrogen-bond acceptors (Lipinski definition) is 4. The van der Waals surface area contributed by atoms with Crippen molar-refractivity contribution in [1.29, 1.82) is 0 Å². The first-order valence-corrected chi connectivity index (χ1v) is 6.85. The lowest BCUT2D eigenvalue weighted by Gasteiger charge is -2.17. The minimum absolute atomic E-state index is 0.0635. The standard InChI is InChI=1S/C16H19N3O2/c1-3-21-14-6-4-5-12(9-14)11(2)19-13-7-8-18-15(10-13)16(17)20/h4-11H,3H2,1-2H3,(H2,17,20)(H,18,19)/t11-/m1/s1. The minimum atomic E-state index is -0.537. The molecule has 5 heteroatoms. The van der Waals surface area contributed by atoms with Gasteiger partial charge in [-0.15, -0.1) is 0 Å². The van der Waals surface area contributed by atoms with Crippen LogP contribution < -0.4 is 15.8 Å². The van der Waals surface area contributed by atoms with E-state index in [0.717, 1.165) is 17.0 Å². The molecule has 1 amide bonds. The third kappa shape index (κ3) is 3.95. The molecule has 1 atom stereocenters. The van der Waals surface area contributed by atoms with Crippen LogP contribution in [0.1, 0.15) is 35.9 Å². The number of nitrogens with one attached hydrogen (secondary N) is 1. The molecule has 2 rings (SSSR count). The lowest BCUT2D eigenvalue weighted by molar-refractivity contribution is 0.0995. The van der Waals surface area contributed by atoms with E-state index < -0.39 is 5.91 Å². The Balaban J connectivity index is 2.13. The molecule has 0 saturated carbocycles. The summed E-state index contributed by atoms with van der Waals surface area (Å²) >= 11 is 0. The largest absolute Gasteiger partial charge is 0.494 e. The summed E-state index contributed by atoms with van der Waals surface area (Å²) in [6.45, 7) is 4.63. The number of amides is 1. The number of carbonyl (C=O) groups excluding carboxylic acids is 1. The first-order chi connectivity index (χ1) is 10.1. The van der Waals surface area contributed by atoms with Crippen molar-refractivity contribution < 1.29 is 9.53 Å². The predicted octanol–water partition coefficient (Wildman–Crippen LogP) is 2.75. The second kappa shape index (κ2) is 6.74. The number of primary amides is 1. The van der Waals surface area contributed by atoms with Gasteiger partial charge in [-0.2, -0.15) is 0 Å². The molecule has 0 spiro atoms. The number of aromatic nitrogens is 1. The van der Waals surface area contributed by atoms with Crippen molar-refractivity contribution in [3.05, 3.63) is 53.9 Å². The van der Waals surface area contributed by atoms with Crippen LogP contribution in [0.2, 0.25) is 0 Å². The molecule has 1 heterocycles. The Morgan fingerprint density at radius 2 is 2.19 bits per heavy atom. The molecule has 0 fully saturated rings. The van der Waals surface area contributed by atoms with E-state index in [1.54, 1.807) is 18.3 Å². The summed E-state index contributed by atoms with van der Waals surface area (Å²) < 4.78 is 5.50. The third-order valence-electron chi connectivity index (χ3n) is 3.06. The average Bonchev–Trinajstić information content (AvgIpc) is 2.48. The van der Waals surface area contributed by atoms with Gasteiger partial charge in [0.1, 0.15) is 11.4 Å². The lowest BCUT2D eigenvalue weighted by Crippen LogP contribution is -2.14. The number of nitrogens with zero attached hydrogens (tertiary/aromatic N) is 1. The Morgan fingerprint density at radius 1 is 1.38 bits per heavy atom. The molecule has 21 heavy (non-hydrogen) atoms. The van der Waals surface area contributed by atoms with E-state index in [9.17, 15) is 4.79 Å². The van der Waals surface area contributed by atoms with E-state index in [1.165, 1.54) is 0 Å². The van der Waals surface area contributed by atoms with Crippen LogP contribution in [-0.2, 0) is 0 Å². The maximum absolute atomic E-state index is 11.1. The average molecular weight is 285 g/mol. The fraction of sp³-hybridized carbons (Fsp3) is 0.250. The molecule has 0 unspecified atom stereocenters. The van der Waals surface area contributed by atoms with Crippen LogP contribution in [0.4, 0.5) is 5.69 Å². The van der Waals surface area contributed by atoms with Crippen molar-refractivity contribution >= 4 is 11.6 Å². The molecule has 2 aromatic rings. The Kier molecular flexibility index (Phi) is 4.77. The first kappa shape index (κ1) is 14.8. The van der Waals surface area contributed by atoms with Crippen LogP contribution in [0.3, 0.4) is 0 Å². The minimum Gasteiger partial charge on any atom is -0.494 e. The number of rotatable bonds is 6. The fourth-order valence-corrected chi connectivity index (χ4v) is 2.03. The number of benzene rings is 1. The fourth-order valence-electron chi connectivity index (χ4n) is 2.03. The number of anilines is 1. The van der Waals surface area contributed by atoms with Gasteiger partial charge >= 0.3 is 0 Å². The smallest absolute Gasteiger partial charge is 0.267 e. The molecule has 0 aliphatic carbocycles. The van der Waals surface area contributed by atoms with E-state index in [4.69, 9.17) is 10.5 Å². The van der Waals surface area contributed by atoms with Crippen LogP contribution in [0, 0.1) is 0 Å². The van der Waals surface area contributed by atoms with E-state index >= 15 is 0 Å². The highest BCUT2D eigenvalue weighted by Crippen LogP contribution is 2.23. The van der Waals surface area contributed by atoms with Crippen LogP contribution >= 0.6 is 0 Å². The van der Waals surface area contributed by atoms with Gasteiger partial charge < -0.3 is 15.8 Å². The van der Waals surface area contributed by atoms with Gasteiger partial charge in [-0.3, -0.25) is 9.78 Å². The number of carbonyl (C=O) groups is 1. The third-order valence-corrected chi connectivity index (χ3v) is 3.06. The molecule has 0 saturated heterocycles. The second-order valence-corrected chi connectivity index (χ2v) is 4.67. The molecular formula is C16H19N3O2. The molecular weight excluding hydrogens is 266 g/mol. The monoisotopic (exact) mass is 285 g/mol. The van der Waals surface area contributed by atoms with Crippen LogP contribution in [0.5, 0.6) is 5.75 Å². The molecule has 110 valence electrons. The highest BCUT2D eigenvalue weighted by Gasteiger charge is 2.08. The second-order valence-electron chi connectivity index (χ2n) is 4.67. The highest BCUT2D eigenvalue weighted by molar-refractivity contribution is 5.91. The number of hydrogen-bond donors (Lipinski definition) is 2. The number of pyridine rings is 1. The number of nitrogens with two attached hydrogens (primary N) is 1. The van der Waals surface area contributed by atoms with Crippen molar-refractivity contribution in [2.24, 2.45) is 5.73 Å². The molecule has 1 aromatic carbocycles. The summed E-state index contributed by atoms with van der Waals surface area (Å²) in [6, 6.07) is 11.4. The van der Waals surface area contributed by atoms with Crippen LogP contribution in [-0.4, -0.2) is 17.5 Å². The van der Waals surface area contributed by atoms with Gasteiger partial charge in [-0.05, 0) is 43.7 Å². The van der Waals surface area contributed by atoms with Crippen molar-refractivity contribution in [2.45, 2.75) is 19.9 Å². The molecule has 0 radical (unpaired) electrons. The Hall–Kier alpha value is -2.56. The summed E-state index contributed by atoms with van der Waals surface area (Å²) in [5.74, 6) is 0.306. The predicted molar refractivity (Wildman–Crippen MR) is 82.4 cm³/mol. The summed E-state index contributed by atoms with van der Waals surface area (Å²) in [7, 11) is 0. The topological polar surface area (TPSA) is 77.2 Å². The van der Waals surface area contributed by atoms with Crippen molar-refractivity contribution in [1.82, 2.24) is 4.98 Å². The zero-order valence-electron chi connectivity index (χ0n) is 12.2. The van der Waals surface area contributed by atoms with E-state index in [-0.39, 0.29) is 11.7 Å². The molecule has 1 aromatic heterocycles. The lowest BCUT2D eigenvalue weighted by atomic mass is 10.1. The van der Waals surface area contributed by atoms with Gasteiger partial charge in [0, 0.05) is 17.9 Å². The SMILES string of the molecule is CCOc1cccc([C@@H](C)Nc2ccnc(C(N)=O)c2)c1. The molecule has 0 aliphatic heterocycles. The van der Waals surface area contributed by atoms with Gasteiger partial charge in [0.05, 0.1) is 6.61 Å². The van der Waals surface area contributed by atoms with Crippen LogP contribution in [0.25, 0.3) is 0 Å². The highest BCUT2D eigenvalue weighted by atomic mass is 16.5. The Bertz CT molecular complexity index is 628. The maximum atomic E-state index is 11.1. The van der Waals surface area contributed by atoms with Gasteiger partial charge in [-0.1, -0.05) is 12.1 Å². The molecule has 0 bridgehead atoms. The summed E-state index contributed by atoms with van der Waals surface area (Å²) in [5, 5.41) is 3.32. The molecule has 0 aliphatic rings. The first-order valence-electron chi connectivity index (χ1n) is 6.85. The van der Waals surface area contributed by atoms with E-state index in [2.05, 4.69) is 10.3 Å². The quantitative estimate of drug-likeness (QED) is 0.855. The normalized spacial score (nSPS) is 11.7. The molecule has 5 nitrogen and oxygen atoms in total. The molecule has 3 N–H and O–H groups in total. The van der Waals surface area contributed by atoms with Crippen molar-refractivity contribution in [2.75, 3.05) is 11.9 Å². The summed E-state index contributed by atoms with van der Waals surface area (Å²) in [5.41, 5.74) is 7.37. The van der Waals surface area contributed by atoms with Crippen molar-refractivity contribution in [3.8, 4) is 5.75 Å². The zero-order valence-corrected chi connectivity index (χ0v) is 12.2. The van der Waals surface area contributed by atoms with Crippen LogP contribution in [0.15, 0.2) is 42.6 Å². The Labute approximate surface area is 124 Å². The van der Waals surface area contributed by atoms with E-state index in [0.29, 0.717) is 6.61 Å². The zero-order chi connectivity index (χ0) is 15.2. The number of ether oxygens (including phenoxy) is 1. The van der Waals surface area contributed by atoms with Gasteiger partial charge in [0.2, 0.25) is 0 Å². The summed E-state index contributed by atoms with van der Waals surface area (Å²) in [4.78, 5) is 15.1. The summed E-state index contributed by atoms with van der Waals surface area (Å²) in [6.07, 6.45) is 1.56. The Morgan fingerprint density at radius 3 is 2.90 bits per heavy atom. The van der Waals surface area contributed by atoms with Gasteiger partial charge in [0.25, 0.3) is 5.91 Å².